The van der Waals surface area contributed by atoms with Crippen LogP contribution >= 0.6 is 0 Å². The Labute approximate surface area is 93.1 Å². The van der Waals surface area contributed by atoms with Gasteiger partial charge in [0.15, 0.2) is 0 Å². The van der Waals surface area contributed by atoms with Crippen molar-refractivity contribution in [3.05, 3.63) is 61.1 Å². The van der Waals surface area contributed by atoms with Crippen molar-refractivity contribution in [1.82, 2.24) is 0 Å². The zero-order valence-corrected chi connectivity index (χ0v) is 8.51. The number of hydrogen-bond acceptors (Lipinski definition) is 2. The van der Waals surface area contributed by atoms with E-state index in [1.165, 1.54) is 0 Å². The normalized spacial score (nSPS) is 10.5. The van der Waals surface area contributed by atoms with E-state index in [9.17, 15) is 0 Å². The molecule has 0 saturated heterocycles. The van der Waals surface area contributed by atoms with Gasteiger partial charge in [-0.1, -0.05) is 0 Å². The Hall–Kier alpha value is -2.22. The first-order valence-corrected chi connectivity index (χ1v) is 5.02. The average Bonchev–Trinajstić information content (AvgIpc) is 3.03. The van der Waals surface area contributed by atoms with Gasteiger partial charge in [-0.05, 0) is 48.5 Å². The maximum absolute atomic E-state index is 5.34. The lowest BCUT2D eigenvalue weighted by Gasteiger charge is -2.00. The second-order valence-corrected chi connectivity index (χ2v) is 3.46. The lowest BCUT2D eigenvalue weighted by atomic mass is 10.1. The van der Waals surface area contributed by atoms with Crippen LogP contribution in [0.1, 0.15) is 0 Å². The first-order chi connectivity index (χ1) is 7.93. The summed E-state index contributed by atoms with van der Waals surface area (Å²) in [6.07, 6.45) is 3.32. The molecule has 0 aliphatic carbocycles. The maximum Gasteiger partial charge on any atom is 0.133 e. The van der Waals surface area contributed by atoms with Crippen LogP contribution in [0.4, 0.5) is 0 Å². The molecular formula is C14H9O2. The van der Waals surface area contributed by atoms with Gasteiger partial charge < -0.3 is 8.83 Å². The van der Waals surface area contributed by atoms with E-state index in [1.807, 2.05) is 42.5 Å². The fourth-order valence-electron chi connectivity index (χ4n) is 1.64. The summed E-state index contributed by atoms with van der Waals surface area (Å²) < 4.78 is 10.7. The zero-order chi connectivity index (χ0) is 10.8. The maximum atomic E-state index is 5.34. The highest BCUT2D eigenvalue weighted by atomic mass is 16.3. The molecule has 2 heteroatoms. The fourth-order valence-corrected chi connectivity index (χ4v) is 1.64. The Morgan fingerprint density at radius 2 is 1.38 bits per heavy atom. The summed E-state index contributed by atoms with van der Waals surface area (Å²) >= 11 is 0. The highest BCUT2D eigenvalue weighted by Gasteiger charge is 2.04. The summed E-state index contributed by atoms with van der Waals surface area (Å²) in [5.74, 6) is 1.68. The van der Waals surface area contributed by atoms with Gasteiger partial charge in [0.2, 0.25) is 0 Å². The van der Waals surface area contributed by atoms with Gasteiger partial charge in [0, 0.05) is 11.1 Å². The third kappa shape index (κ3) is 1.54. The predicted octanol–water partition coefficient (Wildman–Crippen LogP) is 4.01. The minimum absolute atomic E-state index is 0.838. The van der Waals surface area contributed by atoms with Gasteiger partial charge in [-0.2, -0.15) is 0 Å². The topological polar surface area (TPSA) is 26.3 Å². The van der Waals surface area contributed by atoms with E-state index in [2.05, 4.69) is 6.07 Å². The molecule has 0 spiro atoms. The molecule has 16 heavy (non-hydrogen) atoms. The lowest BCUT2D eigenvalue weighted by molar-refractivity contribution is 0.580. The summed E-state index contributed by atoms with van der Waals surface area (Å²) in [4.78, 5) is 0. The van der Waals surface area contributed by atoms with Crippen LogP contribution in [0.5, 0.6) is 0 Å². The van der Waals surface area contributed by atoms with E-state index in [4.69, 9.17) is 8.83 Å². The molecule has 1 aromatic carbocycles. The molecule has 0 atom stereocenters. The van der Waals surface area contributed by atoms with Crippen molar-refractivity contribution in [1.29, 1.82) is 0 Å². The summed E-state index contributed by atoms with van der Waals surface area (Å²) in [5, 5.41) is 0. The average molecular weight is 209 g/mol. The molecule has 1 radical (unpaired) electrons. The quantitative estimate of drug-likeness (QED) is 0.637. The summed E-state index contributed by atoms with van der Waals surface area (Å²) in [6, 6.07) is 16.5. The molecule has 2 heterocycles. The van der Waals surface area contributed by atoms with E-state index in [1.54, 1.807) is 12.5 Å². The van der Waals surface area contributed by atoms with Gasteiger partial charge in [0.25, 0.3) is 0 Å². The van der Waals surface area contributed by atoms with E-state index in [0.717, 1.165) is 22.6 Å². The van der Waals surface area contributed by atoms with E-state index < -0.39 is 0 Å². The van der Waals surface area contributed by atoms with Gasteiger partial charge in [-0.15, -0.1) is 0 Å². The highest BCUT2D eigenvalue weighted by Crippen LogP contribution is 2.26. The standard InChI is InChI=1S/C14H9O2/c1-4-11(13-6-2-8-15-13)10-12(5-1)14-7-3-9-16-14/h2-10H. The smallest absolute Gasteiger partial charge is 0.133 e. The molecule has 2 nitrogen and oxygen atoms in total. The SMILES string of the molecule is [c]1cc(-c2ccco2)cc(-c2ccco2)c1. The predicted molar refractivity (Wildman–Crippen MR) is 60.7 cm³/mol. The third-order valence-electron chi connectivity index (χ3n) is 2.40. The summed E-state index contributed by atoms with van der Waals surface area (Å²) in [5.41, 5.74) is 2.00. The van der Waals surface area contributed by atoms with Crippen LogP contribution in [-0.4, -0.2) is 0 Å². The van der Waals surface area contributed by atoms with Gasteiger partial charge in [0.1, 0.15) is 11.5 Å². The van der Waals surface area contributed by atoms with E-state index in [-0.39, 0.29) is 0 Å². The third-order valence-corrected chi connectivity index (χ3v) is 2.40. The molecule has 77 valence electrons. The van der Waals surface area contributed by atoms with Crippen molar-refractivity contribution in [3.8, 4) is 22.6 Å². The van der Waals surface area contributed by atoms with Crippen molar-refractivity contribution in [2.75, 3.05) is 0 Å². The summed E-state index contributed by atoms with van der Waals surface area (Å²) in [7, 11) is 0. The van der Waals surface area contributed by atoms with E-state index >= 15 is 0 Å². The first kappa shape index (κ1) is 9.04. The van der Waals surface area contributed by atoms with Gasteiger partial charge >= 0.3 is 0 Å². The molecule has 3 rings (SSSR count). The van der Waals surface area contributed by atoms with Gasteiger partial charge in [-0.3, -0.25) is 0 Å². The monoisotopic (exact) mass is 209 g/mol. The highest BCUT2D eigenvalue weighted by molar-refractivity contribution is 5.67. The van der Waals surface area contributed by atoms with E-state index in [0.29, 0.717) is 0 Å². The fraction of sp³-hybridized carbons (Fsp3) is 0. The van der Waals surface area contributed by atoms with Crippen molar-refractivity contribution in [2.24, 2.45) is 0 Å². The van der Waals surface area contributed by atoms with Gasteiger partial charge in [0.05, 0.1) is 12.5 Å². The molecule has 0 aliphatic rings. The Balaban J connectivity index is 2.07. The second kappa shape index (κ2) is 3.74. The lowest BCUT2D eigenvalue weighted by Crippen LogP contribution is -1.77. The minimum Gasteiger partial charge on any atom is -0.464 e. The number of hydrogen-bond donors (Lipinski definition) is 0. The second-order valence-electron chi connectivity index (χ2n) is 3.46. The van der Waals surface area contributed by atoms with Crippen LogP contribution in [-0.2, 0) is 0 Å². The van der Waals surface area contributed by atoms with Crippen molar-refractivity contribution in [3.63, 3.8) is 0 Å². The van der Waals surface area contributed by atoms with Crippen LogP contribution in [0.2, 0.25) is 0 Å². The molecule has 0 N–H and O–H groups in total. The molecule has 0 aliphatic heterocycles. The molecular weight excluding hydrogens is 200 g/mol. The van der Waals surface area contributed by atoms with Crippen LogP contribution in [0.25, 0.3) is 22.6 Å². The molecule has 2 aromatic heterocycles. The van der Waals surface area contributed by atoms with Crippen molar-refractivity contribution in [2.45, 2.75) is 0 Å². The largest absolute Gasteiger partial charge is 0.464 e. The molecule has 0 bridgehead atoms. The number of rotatable bonds is 2. The van der Waals surface area contributed by atoms with Crippen LogP contribution in [0.3, 0.4) is 0 Å². The Kier molecular flexibility index (Phi) is 2.11. The minimum atomic E-state index is 0.838. The van der Waals surface area contributed by atoms with Crippen molar-refractivity contribution >= 4 is 0 Å². The molecule has 0 amide bonds. The van der Waals surface area contributed by atoms with Crippen molar-refractivity contribution < 1.29 is 8.83 Å². The Morgan fingerprint density at radius 1 is 0.812 bits per heavy atom. The van der Waals surface area contributed by atoms with Crippen LogP contribution in [0.15, 0.2) is 63.8 Å². The molecule has 3 aromatic rings. The first-order valence-electron chi connectivity index (χ1n) is 5.02. The molecule has 0 unspecified atom stereocenters. The van der Waals surface area contributed by atoms with Crippen LogP contribution in [0, 0.1) is 6.07 Å². The number of furan rings is 2. The Morgan fingerprint density at radius 3 is 1.81 bits per heavy atom. The van der Waals surface area contributed by atoms with Crippen LogP contribution < -0.4 is 0 Å². The number of benzene rings is 1. The Bertz CT molecular complexity index is 513. The molecule has 0 saturated carbocycles. The van der Waals surface area contributed by atoms with Gasteiger partial charge in [-0.25, -0.2) is 0 Å². The molecule has 0 fully saturated rings. The zero-order valence-electron chi connectivity index (χ0n) is 8.51. The summed E-state index contributed by atoms with van der Waals surface area (Å²) in [6.45, 7) is 0.